The molecule has 0 amide bonds. The molecule has 0 saturated heterocycles. The molecule has 6 aliphatic rings. The summed E-state index contributed by atoms with van der Waals surface area (Å²) >= 11 is 0. The van der Waals surface area contributed by atoms with Crippen LogP contribution in [0.3, 0.4) is 0 Å². The fourth-order valence-electron chi connectivity index (χ4n) is 10.9. The lowest BCUT2D eigenvalue weighted by atomic mass is 9.41. The van der Waals surface area contributed by atoms with Crippen LogP contribution in [0.4, 0.5) is 0 Å². The minimum Gasteiger partial charge on any atom is -0.508 e. The van der Waals surface area contributed by atoms with Crippen LogP contribution in [0.1, 0.15) is 148 Å². The summed E-state index contributed by atoms with van der Waals surface area (Å²) in [7, 11) is 0. The summed E-state index contributed by atoms with van der Waals surface area (Å²) in [6.45, 7) is 4.52. The summed E-state index contributed by atoms with van der Waals surface area (Å²) in [4.78, 5) is 0. The molecule has 2 N–H and O–H groups in total. The monoisotopic (exact) mass is 512 g/mol. The van der Waals surface area contributed by atoms with E-state index in [-0.39, 0.29) is 10.8 Å². The first-order valence-corrected chi connectivity index (χ1v) is 16.0. The molecular weight excluding hydrogens is 464 g/mol. The van der Waals surface area contributed by atoms with Gasteiger partial charge in [0.2, 0.25) is 0 Å². The highest BCUT2D eigenvalue weighted by molar-refractivity contribution is 5.51. The van der Waals surface area contributed by atoms with Gasteiger partial charge in [0.15, 0.2) is 0 Å². The lowest BCUT2D eigenvalue weighted by molar-refractivity contribution is -0.0287. The Morgan fingerprint density at radius 3 is 1.37 bits per heavy atom. The van der Waals surface area contributed by atoms with Crippen LogP contribution in [-0.2, 0) is 10.8 Å². The van der Waals surface area contributed by atoms with Crippen LogP contribution >= 0.6 is 0 Å². The molecule has 2 aromatic rings. The second-order valence-corrected chi connectivity index (χ2v) is 14.6. The Hall–Kier alpha value is -1.96. The predicted molar refractivity (Wildman–Crippen MR) is 155 cm³/mol. The van der Waals surface area contributed by atoms with Crippen molar-refractivity contribution < 1.29 is 10.2 Å². The van der Waals surface area contributed by atoms with E-state index < -0.39 is 0 Å². The Morgan fingerprint density at radius 2 is 0.974 bits per heavy atom. The average Bonchev–Trinajstić information content (AvgIpc) is 2.89. The van der Waals surface area contributed by atoms with Gasteiger partial charge in [-0.1, -0.05) is 50.7 Å². The molecule has 2 aromatic carbocycles. The summed E-state index contributed by atoms with van der Waals surface area (Å²) in [5.41, 5.74) is 8.72. The molecule has 38 heavy (non-hydrogen) atoms. The van der Waals surface area contributed by atoms with Gasteiger partial charge in [0.25, 0.3) is 0 Å². The van der Waals surface area contributed by atoms with E-state index in [1.807, 2.05) is 0 Å². The van der Waals surface area contributed by atoms with E-state index in [1.54, 1.807) is 11.1 Å². The average molecular weight is 513 g/mol. The highest BCUT2D eigenvalue weighted by atomic mass is 16.3. The van der Waals surface area contributed by atoms with Crippen LogP contribution in [0.5, 0.6) is 11.5 Å². The highest BCUT2D eigenvalue weighted by Crippen LogP contribution is 2.67. The lowest BCUT2D eigenvalue weighted by Gasteiger charge is -2.63. The third kappa shape index (κ3) is 4.03. The van der Waals surface area contributed by atoms with Gasteiger partial charge in [-0.25, -0.2) is 0 Å². The molecular formula is C36H48O2. The number of hydrogen-bond acceptors (Lipinski definition) is 2. The number of aryl methyl sites for hydroxylation is 2. The summed E-state index contributed by atoms with van der Waals surface area (Å²) in [6, 6.07) is 9.24. The van der Waals surface area contributed by atoms with E-state index in [0.29, 0.717) is 23.3 Å². The number of benzene rings is 2. The van der Waals surface area contributed by atoms with Gasteiger partial charge in [0, 0.05) is 0 Å². The Bertz CT molecular complexity index is 1110. The minimum absolute atomic E-state index is 0.237. The number of phenols is 2. The maximum atomic E-state index is 11.1. The minimum atomic E-state index is 0.237. The van der Waals surface area contributed by atoms with E-state index in [2.05, 4.69) is 38.1 Å². The fraction of sp³-hybridized carbons (Fsp3) is 0.667. The largest absolute Gasteiger partial charge is 0.508 e. The van der Waals surface area contributed by atoms with Crippen LogP contribution in [0.2, 0.25) is 0 Å². The summed E-state index contributed by atoms with van der Waals surface area (Å²) in [5, 5.41) is 22.1. The first kappa shape index (κ1) is 25.0. The molecule has 4 bridgehead atoms. The summed E-state index contributed by atoms with van der Waals surface area (Å²) in [6.07, 6.45) is 20.8. The van der Waals surface area contributed by atoms with E-state index >= 15 is 0 Å². The molecule has 0 aromatic heterocycles. The van der Waals surface area contributed by atoms with Crippen LogP contribution in [-0.4, -0.2) is 10.2 Å². The molecule has 204 valence electrons. The van der Waals surface area contributed by atoms with Crippen LogP contribution in [0, 0.1) is 25.7 Å². The normalized spacial score (nSPS) is 33.6. The zero-order chi connectivity index (χ0) is 26.1. The van der Waals surface area contributed by atoms with Gasteiger partial charge in [-0.3, -0.25) is 0 Å². The fourth-order valence-corrected chi connectivity index (χ4v) is 10.9. The number of aromatic hydroxyl groups is 2. The number of rotatable bonds is 4. The molecule has 0 aliphatic heterocycles. The van der Waals surface area contributed by atoms with E-state index in [4.69, 9.17) is 0 Å². The molecule has 6 fully saturated rings. The van der Waals surface area contributed by atoms with Crippen molar-refractivity contribution in [2.24, 2.45) is 11.8 Å². The Morgan fingerprint density at radius 1 is 0.579 bits per heavy atom. The Balaban J connectivity index is 1.30. The van der Waals surface area contributed by atoms with E-state index in [0.717, 1.165) is 11.8 Å². The molecule has 0 heterocycles. The van der Waals surface area contributed by atoms with Crippen molar-refractivity contribution in [2.75, 3.05) is 0 Å². The third-order valence-corrected chi connectivity index (χ3v) is 12.0. The van der Waals surface area contributed by atoms with Gasteiger partial charge < -0.3 is 10.2 Å². The standard InChI is InChI=1S/C36H48O2/c1-23-13-33(37)29(27-9-5-3-6-10-27)16-31(23)35-18-25-15-26(19-35)21-36(20-25,22-35)32-17-30(34(38)14-24(32)2)28-11-7-4-8-12-28/h13-14,16-17,25-28,37-38H,3-12,15,18-22H2,1-2H3. The molecule has 0 radical (unpaired) electrons. The topological polar surface area (TPSA) is 40.5 Å². The van der Waals surface area contributed by atoms with Gasteiger partial charge in [0.05, 0.1) is 0 Å². The summed E-state index contributed by atoms with van der Waals surface area (Å²) in [5.74, 6) is 3.75. The molecule has 0 atom stereocenters. The van der Waals surface area contributed by atoms with Crippen molar-refractivity contribution in [2.45, 2.75) is 139 Å². The van der Waals surface area contributed by atoms with Crippen LogP contribution in [0.15, 0.2) is 24.3 Å². The number of hydrogen-bond donors (Lipinski definition) is 2. The predicted octanol–water partition coefficient (Wildman–Crippen LogP) is 9.60. The Kier molecular flexibility index (Phi) is 6.13. The lowest BCUT2D eigenvalue weighted by Crippen LogP contribution is -2.56. The van der Waals surface area contributed by atoms with Crippen molar-refractivity contribution in [3.05, 3.63) is 57.6 Å². The zero-order valence-electron chi connectivity index (χ0n) is 23.8. The van der Waals surface area contributed by atoms with Gasteiger partial charge in [0.1, 0.15) is 11.5 Å². The first-order chi connectivity index (χ1) is 18.4. The van der Waals surface area contributed by atoms with Crippen LogP contribution < -0.4 is 0 Å². The van der Waals surface area contributed by atoms with Gasteiger partial charge in [-0.15, -0.1) is 0 Å². The van der Waals surface area contributed by atoms with Gasteiger partial charge >= 0.3 is 0 Å². The molecule has 6 saturated carbocycles. The maximum absolute atomic E-state index is 11.1. The quantitative estimate of drug-likeness (QED) is 0.428. The molecule has 2 nitrogen and oxygen atoms in total. The van der Waals surface area contributed by atoms with Crippen molar-refractivity contribution in [3.8, 4) is 11.5 Å². The molecule has 2 heteroatoms. The van der Waals surface area contributed by atoms with E-state index in [9.17, 15) is 10.2 Å². The molecule has 0 unspecified atom stereocenters. The zero-order valence-corrected chi connectivity index (χ0v) is 23.8. The smallest absolute Gasteiger partial charge is 0.119 e. The van der Waals surface area contributed by atoms with Gasteiger partial charge in [-0.05, 0) is 158 Å². The van der Waals surface area contributed by atoms with Gasteiger partial charge in [-0.2, -0.15) is 0 Å². The van der Waals surface area contributed by atoms with Crippen molar-refractivity contribution in [1.29, 1.82) is 0 Å². The molecule has 0 spiro atoms. The maximum Gasteiger partial charge on any atom is 0.119 e. The number of phenolic OH excluding ortho intramolecular Hbond substituents is 2. The van der Waals surface area contributed by atoms with Crippen molar-refractivity contribution in [3.63, 3.8) is 0 Å². The second kappa shape index (κ2) is 9.31. The van der Waals surface area contributed by atoms with E-state index in [1.165, 1.54) is 125 Å². The second-order valence-electron chi connectivity index (χ2n) is 14.6. The van der Waals surface area contributed by atoms with Crippen molar-refractivity contribution >= 4 is 0 Å². The van der Waals surface area contributed by atoms with Crippen LogP contribution in [0.25, 0.3) is 0 Å². The first-order valence-electron chi connectivity index (χ1n) is 16.0. The molecule has 8 rings (SSSR count). The van der Waals surface area contributed by atoms with Crippen molar-refractivity contribution in [1.82, 2.24) is 0 Å². The Labute approximate surface area is 230 Å². The SMILES string of the molecule is Cc1cc(O)c(C2CCCCC2)cc1C12CC3CC(C1)CC(c1cc(C4CCCCC4)c(O)cc1C)(C3)C2. The third-order valence-electron chi connectivity index (χ3n) is 12.0. The highest BCUT2D eigenvalue weighted by Gasteiger charge is 2.59. The summed E-state index contributed by atoms with van der Waals surface area (Å²) < 4.78 is 0. The molecule has 6 aliphatic carbocycles.